The van der Waals surface area contributed by atoms with Gasteiger partial charge in [0, 0.05) is 31.0 Å². The number of nitrogens with two attached hydrogens (primary N) is 2. The second-order valence-electron chi connectivity index (χ2n) is 7.45. The number of pyridine rings is 1. The number of nitrogens with zero attached hydrogens (tertiary/aromatic N) is 3. The highest BCUT2D eigenvalue weighted by Crippen LogP contribution is 2.35. The number of aryl methyl sites for hydroxylation is 1. The molecule has 1 unspecified atom stereocenters. The first-order chi connectivity index (χ1) is 14.0. The quantitative estimate of drug-likeness (QED) is 0.712. The normalized spacial score (nSPS) is 19.6. The third-order valence-electron chi connectivity index (χ3n) is 5.23. The lowest BCUT2D eigenvalue weighted by atomic mass is 10.1. The fourth-order valence-electron chi connectivity index (χ4n) is 3.80. The van der Waals surface area contributed by atoms with Gasteiger partial charge in [-0.2, -0.15) is 0 Å². The number of hydrogen-bond acceptors (Lipinski definition) is 7. The molecule has 1 aromatic carbocycles. The fraction of sp³-hybridized carbons (Fsp3) is 0.333. The topological polar surface area (TPSA) is 101 Å². The number of piperidine rings is 1. The van der Waals surface area contributed by atoms with Crippen molar-refractivity contribution in [3.63, 3.8) is 0 Å². The smallest absolute Gasteiger partial charge is 0.275 e. The molecular formula is C21H26N6OS. The molecule has 1 aromatic heterocycles. The average molecular weight is 411 g/mol. The maximum Gasteiger partial charge on any atom is 0.275 e. The molecule has 29 heavy (non-hydrogen) atoms. The van der Waals surface area contributed by atoms with Crippen molar-refractivity contribution in [3.8, 4) is 0 Å². The third-order valence-corrected chi connectivity index (χ3v) is 6.12. The molecule has 7 nitrogen and oxygen atoms in total. The Morgan fingerprint density at radius 2 is 2.21 bits per heavy atom. The lowest BCUT2D eigenvalue weighted by Gasteiger charge is -2.33. The number of carbonyl (C=O) groups is 1. The van der Waals surface area contributed by atoms with Crippen molar-refractivity contribution in [2.45, 2.75) is 25.8 Å². The summed E-state index contributed by atoms with van der Waals surface area (Å²) in [6, 6.07) is 10.1. The Balaban J connectivity index is 1.58. The minimum Gasteiger partial charge on any atom is -0.392 e. The Bertz CT molecular complexity index is 946. The first kappa shape index (κ1) is 19.6. The van der Waals surface area contributed by atoms with E-state index in [9.17, 15) is 4.79 Å². The Hall–Kier alpha value is -2.71. The molecule has 8 heteroatoms. The van der Waals surface area contributed by atoms with Crippen LogP contribution in [-0.4, -0.2) is 35.9 Å². The van der Waals surface area contributed by atoms with Gasteiger partial charge in [0.25, 0.3) is 5.91 Å². The number of nitrogens with one attached hydrogen (secondary N) is 1. The van der Waals surface area contributed by atoms with Crippen molar-refractivity contribution >= 4 is 34.7 Å². The van der Waals surface area contributed by atoms with Gasteiger partial charge in [0.05, 0.1) is 28.5 Å². The first-order valence-corrected chi connectivity index (χ1v) is 10.7. The predicted molar refractivity (Wildman–Crippen MR) is 120 cm³/mol. The van der Waals surface area contributed by atoms with Crippen LogP contribution in [0.25, 0.3) is 0 Å². The SMILES string of the molecule is Cc1cccc(N2CSC(N)=C2C(=O)Nc2cnccc2N2CCCC(N)C2)c1. The summed E-state index contributed by atoms with van der Waals surface area (Å²) in [4.78, 5) is 21.6. The van der Waals surface area contributed by atoms with Gasteiger partial charge in [0.15, 0.2) is 0 Å². The van der Waals surface area contributed by atoms with Crippen molar-refractivity contribution in [1.82, 2.24) is 4.98 Å². The first-order valence-electron chi connectivity index (χ1n) is 9.75. The van der Waals surface area contributed by atoms with Crippen LogP contribution < -0.4 is 26.6 Å². The van der Waals surface area contributed by atoms with Gasteiger partial charge < -0.3 is 26.6 Å². The summed E-state index contributed by atoms with van der Waals surface area (Å²) in [5.41, 5.74) is 16.5. The zero-order valence-corrected chi connectivity index (χ0v) is 17.3. The minimum atomic E-state index is -0.232. The minimum absolute atomic E-state index is 0.141. The summed E-state index contributed by atoms with van der Waals surface area (Å²) in [5, 5.41) is 3.56. The van der Waals surface area contributed by atoms with Crippen LogP contribution in [0.3, 0.4) is 0 Å². The van der Waals surface area contributed by atoms with Crippen LogP contribution in [0.1, 0.15) is 18.4 Å². The standard InChI is InChI=1S/C21H26N6OS/c1-14-4-2-6-16(10-14)27-13-29-20(23)19(27)21(28)25-17-11-24-8-7-18(17)26-9-3-5-15(22)12-26/h2,4,6-8,10-11,15H,3,5,9,12-13,22-23H2,1H3,(H,25,28). The highest BCUT2D eigenvalue weighted by atomic mass is 32.2. The number of anilines is 3. The zero-order chi connectivity index (χ0) is 20.4. The van der Waals surface area contributed by atoms with Crippen LogP contribution >= 0.6 is 11.8 Å². The molecule has 3 heterocycles. The van der Waals surface area contributed by atoms with Crippen molar-refractivity contribution < 1.29 is 4.79 Å². The molecule has 5 N–H and O–H groups in total. The van der Waals surface area contributed by atoms with E-state index in [0.29, 0.717) is 22.3 Å². The van der Waals surface area contributed by atoms with Gasteiger partial charge in [-0.3, -0.25) is 9.78 Å². The van der Waals surface area contributed by atoms with Crippen molar-refractivity contribution in [1.29, 1.82) is 0 Å². The summed E-state index contributed by atoms with van der Waals surface area (Å²) in [7, 11) is 0. The summed E-state index contributed by atoms with van der Waals surface area (Å²) < 4.78 is 0. The molecule has 0 aliphatic carbocycles. The lowest BCUT2D eigenvalue weighted by molar-refractivity contribution is -0.112. The predicted octanol–water partition coefficient (Wildman–Crippen LogP) is 2.59. The highest BCUT2D eigenvalue weighted by molar-refractivity contribution is 8.03. The number of thioether (sulfide) groups is 1. The van der Waals surface area contributed by atoms with Crippen molar-refractivity contribution in [2.24, 2.45) is 11.5 Å². The van der Waals surface area contributed by atoms with Crippen LogP contribution in [0.2, 0.25) is 0 Å². The lowest BCUT2D eigenvalue weighted by Crippen LogP contribution is -2.43. The van der Waals surface area contributed by atoms with Crippen LogP contribution in [-0.2, 0) is 4.79 Å². The summed E-state index contributed by atoms with van der Waals surface area (Å²) in [6.07, 6.45) is 5.48. The molecule has 1 amide bonds. The monoisotopic (exact) mass is 410 g/mol. The van der Waals surface area contributed by atoms with Gasteiger partial charge in [-0.15, -0.1) is 0 Å². The van der Waals surface area contributed by atoms with Gasteiger partial charge in [-0.1, -0.05) is 23.9 Å². The summed E-state index contributed by atoms with van der Waals surface area (Å²) >= 11 is 1.47. The van der Waals surface area contributed by atoms with E-state index >= 15 is 0 Å². The second kappa shape index (κ2) is 8.34. The average Bonchev–Trinajstić information content (AvgIpc) is 3.10. The maximum atomic E-state index is 13.2. The number of aromatic nitrogens is 1. The molecule has 0 bridgehead atoms. The number of hydrogen-bond donors (Lipinski definition) is 3. The molecule has 2 aliphatic heterocycles. The summed E-state index contributed by atoms with van der Waals surface area (Å²) in [5.74, 6) is 0.378. The van der Waals surface area contributed by atoms with Crippen molar-refractivity contribution in [3.05, 3.63) is 59.0 Å². The van der Waals surface area contributed by atoms with Gasteiger partial charge in [-0.05, 0) is 43.5 Å². The van der Waals surface area contributed by atoms with E-state index in [-0.39, 0.29) is 11.9 Å². The van der Waals surface area contributed by atoms with Gasteiger partial charge in [-0.25, -0.2) is 0 Å². The molecule has 152 valence electrons. The number of amides is 1. The van der Waals surface area contributed by atoms with Gasteiger partial charge in [0.2, 0.25) is 0 Å². The van der Waals surface area contributed by atoms with E-state index in [2.05, 4.69) is 21.3 Å². The molecule has 4 rings (SSSR count). The van der Waals surface area contributed by atoms with Gasteiger partial charge in [0.1, 0.15) is 5.70 Å². The van der Waals surface area contributed by atoms with Crippen LogP contribution in [0.5, 0.6) is 0 Å². The van der Waals surface area contributed by atoms with Crippen LogP contribution in [0.15, 0.2) is 53.5 Å². The van der Waals surface area contributed by atoms with Crippen LogP contribution in [0, 0.1) is 6.92 Å². The van der Waals surface area contributed by atoms with Crippen LogP contribution in [0.4, 0.5) is 17.1 Å². The van der Waals surface area contributed by atoms with E-state index in [4.69, 9.17) is 11.5 Å². The van der Waals surface area contributed by atoms with E-state index in [0.717, 1.165) is 42.9 Å². The van der Waals surface area contributed by atoms with E-state index < -0.39 is 0 Å². The fourth-order valence-corrected chi connectivity index (χ4v) is 4.69. The van der Waals surface area contributed by atoms with Gasteiger partial charge >= 0.3 is 0 Å². The number of rotatable bonds is 4. The molecule has 0 spiro atoms. The maximum absolute atomic E-state index is 13.2. The second-order valence-corrected chi connectivity index (χ2v) is 8.44. The highest BCUT2D eigenvalue weighted by Gasteiger charge is 2.30. The molecule has 0 radical (unpaired) electrons. The number of carbonyl (C=O) groups excluding carboxylic acids is 1. The molecule has 1 saturated heterocycles. The molecule has 2 aliphatic rings. The van der Waals surface area contributed by atoms with Crippen molar-refractivity contribution in [2.75, 3.05) is 34.1 Å². The Morgan fingerprint density at radius 1 is 1.34 bits per heavy atom. The molecule has 0 saturated carbocycles. The third kappa shape index (κ3) is 4.18. The molecule has 1 atom stereocenters. The zero-order valence-electron chi connectivity index (χ0n) is 16.5. The Morgan fingerprint density at radius 3 is 3.00 bits per heavy atom. The molecule has 1 fully saturated rings. The Kier molecular flexibility index (Phi) is 5.64. The van der Waals surface area contributed by atoms with E-state index in [1.54, 1.807) is 12.4 Å². The molecule has 2 aromatic rings. The summed E-state index contributed by atoms with van der Waals surface area (Å²) in [6.45, 7) is 3.71. The van der Waals surface area contributed by atoms with E-state index in [1.165, 1.54) is 11.8 Å². The largest absolute Gasteiger partial charge is 0.392 e. The number of benzene rings is 1. The Labute approximate surface area is 175 Å². The molecular weight excluding hydrogens is 384 g/mol. The van der Waals surface area contributed by atoms with E-state index in [1.807, 2.05) is 36.1 Å².